The van der Waals surface area contributed by atoms with Crippen molar-refractivity contribution in [1.29, 1.82) is 5.41 Å². The number of nitrogens with zero attached hydrogens (tertiary/aromatic N) is 4. The SMILES string of the molecule is CCc1nnc(-n2ccnc2)c(C(=N)N)c1CC. The Labute approximate surface area is 105 Å². The van der Waals surface area contributed by atoms with Crippen molar-refractivity contribution < 1.29 is 0 Å². The van der Waals surface area contributed by atoms with Crippen LogP contribution in [0.5, 0.6) is 0 Å². The van der Waals surface area contributed by atoms with Gasteiger partial charge in [-0.3, -0.25) is 9.98 Å². The zero-order valence-electron chi connectivity index (χ0n) is 10.5. The predicted molar refractivity (Wildman–Crippen MR) is 68.9 cm³/mol. The first kappa shape index (κ1) is 12.2. The van der Waals surface area contributed by atoms with Gasteiger partial charge in [0, 0.05) is 12.4 Å². The van der Waals surface area contributed by atoms with E-state index >= 15 is 0 Å². The average Bonchev–Trinajstić information content (AvgIpc) is 2.90. The Hall–Kier alpha value is -2.24. The molecule has 6 nitrogen and oxygen atoms in total. The van der Waals surface area contributed by atoms with E-state index < -0.39 is 0 Å². The van der Waals surface area contributed by atoms with Gasteiger partial charge in [0.1, 0.15) is 12.2 Å². The highest BCUT2D eigenvalue weighted by molar-refractivity contribution is 5.99. The highest BCUT2D eigenvalue weighted by Gasteiger charge is 2.17. The zero-order chi connectivity index (χ0) is 13.1. The van der Waals surface area contributed by atoms with Crippen molar-refractivity contribution in [3.63, 3.8) is 0 Å². The van der Waals surface area contributed by atoms with Crippen LogP contribution >= 0.6 is 0 Å². The third-order valence-electron chi connectivity index (χ3n) is 2.85. The molecule has 2 aromatic heterocycles. The molecule has 0 aliphatic rings. The molecule has 0 saturated heterocycles. The maximum atomic E-state index is 7.77. The maximum absolute atomic E-state index is 7.77. The number of nitrogens with one attached hydrogen (secondary N) is 1. The molecule has 2 heterocycles. The maximum Gasteiger partial charge on any atom is 0.171 e. The Balaban J connectivity index is 2.71. The van der Waals surface area contributed by atoms with Crippen molar-refractivity contribution in [2.45, 2.75) is 26.7 Å². The second kappa shape index (κ2) is 4.95. The molecule has 0 aliphatic heterocycles. The second-order valence-electron chi connectivity index (χ2n) is 3.91. The molecular formula is C12H16N6. The molecule has 0 aliphatic carbocycles. The number of rotatable bonds is 4. The molecule has 0 fully saturated rings. The Kier molecular flexibility index (Phi) is 3.36. The number of imidazole rings is 1. The monoisotopic (exact) mass is 244 g/mol. The average molecular weight is 244 g/mol. The Morgan fingerprint density at radius 1 is 1.33 bits per heavy atom. The molecule has 0 unspecified atom stereocenters. The predicted octanol–water partition coefficient (Wildman–Crippen LogP) is 1.07. The summed E-state index contributed by atoms with van der Waals surface area (Å²) in [5, 5.41) is 16.2. The summed E-state index contributed by atoms with van der Waals surface area (Å²) in [5.74, 6) is 0.578. The van der Waals surface area contributed by atoms with E-state index in [4.69, 9.17) is 11.1 Å². The topological polar surface area (TPSA) is 93.5 Å². The van der Waals surface area contributed by atoms with Crippen LogP contribution in [0.2, 0.25) is 0 Å². The fourth-order valence-corrected chi connectivity index (χ4v) is 2.01. The van der Waals surface area contributed by atoms with Crippen LogP contribution in [-0.4, -0.2) is 25.6 Å². The van der Waals surface area contributed by atoms with Gasteiger partial charge in [-0.15, -0.1) is 5.10 Å². The lowest BCUT2D eigenvalue weighted by Crippen LogP contribution is -2.20. The number of amidine groups is 1. The molecular weight excluding hydrogens is 228 g/mol. The van der Waals surface area contributed by atoms with Crippen molar-refractivity contribution in [1.82, 2.24) is 19.7 Å². The first-order valence-electron chi connectivity index (χ1n) is 5.90. The number of nitrogen functional groups attached to an aromatic ring is 1. The summed E-state index contributed by atoms with van der Waals surface area (Å²) in [4.78, 5) is 3.98. The lowest BCUT2D eigenvalue weighted by Gasteiger charge is -2.14. The van der Waals surface area contributed by atoms with Crippen LogP contribution in [0.3, 0.4) is 0 Å². The smallest absolute Gasteiger partial charge is 0.171 e. The highest BCUT2D eigenvalue weighted by atomic mass is 15.2. The fourth-order valence-electron chi connectivity index (χ4n) is 2.01. The van der Waals surface area contributed by atoms with Crippen LogP contribution in [0.15, 0.2) is 18.7 Å². The summed E-state index contributed by atoms with van der Waals surface area (Å²) in [6.45, 7) is 4.05. The quantitative estimate of drug-likeness (QED) is 0.621. The van der Waals surface area contributed by atoms with Crippen molar-refractivity contribution in [2.24, 2.45) is 5.73 Å². The fraction of sp³-hybridized carbons (Fsp3) is 0.333. The zero-order valence-corrected chi connectivity index (χ0v) is 10.5. The van der Waals surface area contributed by atoms with Crippen LogP contribution in [0.1, 0.15) is 30.7 Å². The van der Waals surface area contributed by atoms with E-state index in [1.54, 1.807) is 23.3 Å². The van der Waals surface area contributed by atoms with E-state index in [1.165, 1.54) is 0 Å². The lowest BCUT2D eigenvalue weighted by molar-refractivity contribution is 0.830. The molecule has 94 valence electrons. The number of aryl methyl sites for hydroxylation is 1. The Morgan fingerprint density at radius 3 is 2.61 bits per heavy atom. The molecule has 0 spiro atoms. The van der Waals surface area contributed by atoms with Gasteiger partial charge in [0.25, 0.3) is 0 Å². The van der Waals surface area contributed by atoms with Gasteiger partial charge in [-0.25, -0.2) is 4.98 Å². The minimum atomic E-state index is 0.0140. The molecule has 18 heavy (non-hydrogen) atoms. The van der Waals surface area contributed by atoms with Crippen molar-refractivity contribution in [3.05, 3.63) is 35.5 Å². The van der Waals surface area contributed by atoms with Gasteiger partial charge in [-0.1, -0.05) is 13.8 Å². The van der Waals surface area contributed by atoms with Crippen molar-refractivity contribution in [3.8, 4) is 5.82 Å². The van der Waals surface area contributed by atoms with Gasteiger partial charge in [0.05, 0.1) is 11.3 Å². The molecule has 0 saturated carbocycles. The first-order chi connectivity index (χ1) is 8.69. The molecule has 0 aromatic carbocycles. The van der Waals surface area contributed by atoms with Crippen LogP contribution in [0.4, 0.5) is 0 Å². The minimum absolute atomic E-state index is 0.0140. The van der Waals surface area contributed by atoms with E-state index in [0.717, 1.165) is 24.1 Å². The van der Waals surface area contributed by atoms with E-state index in [9.17, 15) is 0 Å². The molecule has 0 amide bonds. The Bertz CT molecular complexity index is 558. The van der Waals surface area contributed by atoms with Crippen molar-refractivity contribution in [2.75, 3.05) is 0 Å². The number of hydrogen-bond donors (Lipinski definition) is 2. The summed E-state index contributed by atoms with van der Waals surface area (Å²) in [6, 6.07) is 0. The molecule has 2 aromatic rings. The van der Waals surface area contributed by atoms with Gasteiger partial charge in [0.15, 0.2) is 5.82 Å². The van der Waals surface area contributed by atoms with Crippen LogP contribution in [0, 0.1) is 5.41 Å². The number of aromatic nitrogens is 4. The third kappa shape index (κ3) is 1.97. The van der Waals surface area contributed by atoms with E-state index in [-0.39, 0.29) is 5.84 Å². The lowest BCUT2D eigenvalue weighted by atomic mass is 10.0. The summed E-state index contributed by atoms with van der Waals surface area (Å²) >= 11 is 0. The van der Waals surface area contributed by atoms with Crippen molar-refractivity contribution >= 4 is 5.84 Å². The Morgan fingerprint density at radius 2 is 2.11 bits per heavy atom. The van der Waals surface area contributed by atoms with Crippen LogP contribution < -0.4 is 5.73 Å². The highest BCUT2D eigenvalue weighted by Crippen LogP contribution is 2.19. The van der Waals surface area contributed by atoms with Gasteiger partial charge < -0.3 is 5.73 Å². The standard InChI is InChI=1S/C12H16N6/c1-3-8-9(4-2)16-17-12(10(8)11(13)14)18-6-5-15-7-18/h5-7H,3-4H2,1-2H3,(H3,13,14). The van der Waals surface area contributed by atoms with Gasteiger partial charge in [0.2, 0.25) is 0 Å². The van der Waals surface area contributed by atoms with E-state index in [1.807, 2.05) is 13.8 Å². The van der Waals surface area contributed by atoms with Crippen LogP contribution in [-0.2, 0) is 12.8 Å². The minimum Gasteiger partial charge on any atom is -0.384 e. The molecule has 0 atom stereocenters. The molecule has 2 rings (SSSR count). The van der Waals surface area contributed by atoms with E-state index in [0.29, 0.717) is 11.4 Å². The summed E-state index contributed by atoms with van der Waals surface area (Å²) < 4.78 is 1.72. The van der Waals surface area contributed by atoms with Gasteiger partial charge in [-0.05, 0) is 18.4 Å². The molecule has 0 radical (unpaired) electrons. The first-order valence-corrected chi connectivity index (χ1v) is 5.90. The third-order valence-corrected chi connectivity index (χ3v) is 2.85. The second-order valence-corrected chi connectivity index (χ2v) is 3.91. The summed E-state index contributed by atoms with van der Waals surface area (Å²) in [7, 11) is 0. The number of nitrogens with two attached hydrogens (primary N) is 1. The van der Waals surface area contributed by atoms with Gasteiger partial charge >= 0.3 is 0 Å². The molecule has 6 heteroatoms. The molecule has 0 bridgehead atoms. The summed E-state index contributed by atoms with van der Waals surface area (Å²) in [6.07, 6.45) is 6.60. The number of hydrogen-bond acceptors (Lipinski definition) is 4. The van der Waals surface area contributed by atoms with E-state index in [2.05, 4.69) is 15.2 Å². The molecule has 3 N–H and O–H groups in total. The van der Waals surface area contributed by atoms with Gasteiger partial charge in [-0.2, -0.15) is 5.10 Å². The van der Waals surface area contributed by atoms with Crippen LogP contribution in [0.25, 0.3) is 5.82 Å². The normalized spacial score (nSPS) is 10.6. The summed E-state index contributed by atoms with van der Waals surface area (Å²) in [5.41, 5.74) is 8.24. The largest absolute Gasteiger partial charge is 0.384 e.